The van der Waals surface area contributed by atoms with Crippen LogP contribution in [0.4, 0.5) is 0 Å². The normalized spacial score (nSPS) is 16.0. The molecule has 1 fully saturated rings. The zero-order valence-corrected chi connectivity index (χ0v) is 12.8. The molecule has 2 amide bonds. The van der Waals surface area contributed by atoms with Gasteiger partial charge in [0.2, 0.25) is 11.8 Å². The van der Waals surface area contributed by atoms with Crippen molar-refractivity contribution in [3.05, 3.63) is 0 Å². The van der Waals surface area contributed by atoms with Crippen LogP contribution in [-0.4, -0.2) is 53.7 Å². The Kier molecular flexibility index (Phi) is 7.21. The SMILES string of the molecule is CCC(CC)C(=O)N1CCN(C(=O)CCCCl)CC1. The smallest absolute Gasteiger partial charge is 0.225 e. The van der Waals surface area contributed by atoms with Crippen LogP contribution >= 0.6 is 11.6 Å². The van der Waals surface area contributed by atoms with Gasteiger partial charge in [0.05, 0.1) is 0 Å². The Morgan fingerprint density at radius 1 is 1.05 bits per heavy atom. The predicted molar refractivity (Wildman–Crippen MR) is 77.2 cm³/mol. The Bertz CT molecular complexity index is 298. The molecule has 4 nitrogen and oxygen atoms in total. The number of halogens is 1. The molecule has 0 aliphatic carbocycles. The molecule has 0 bridgehead atoms. The number of piperazine rings is 1. The molecule has 0 unspecified atom stereocenters. The van der Waals surface area contributed by atoms with Crippen LogP contribution in [0.15, 0.2) is 0 Å². The molecular formula is C14H25ClN2O2. The summed E-state index contributed by atoms with van der Waals surface area (Å²) in [7, 11) is 0. The largest absolute Gasteiger partial charge is 0.339 e. The Labute approximate surface area is 121 Å². The number of amides is 2. The molecule has 1 rings (SSSR count). The average Bonchev–Trinajstić information content (AvgIpc) is 2.46. The second-order valence-corrected chi connectivity index (χ2v) is 5.39. The summed E-state index contributed by atoms with van der Waals surface area (Å²) < 4.78 is 0. The first-order chi connectivity index (χ1) is 9.13. The van der Waals surface area contributed by atoms with E-state index >= 15 is 0 Å². The van der Waals surface area contributed by atoms with E-state index in [0.29, 0.717) is 38.5 Å². The number of carbonyl (C=O) groups is 2. The van der Waals surface area contributed by atoms with Crippen LogP contribution in [0.25, 0.3) is 0 Å². The molecule has 5 heteroatoms. The highest BCUT2D eigenvalue weighted by Crippen LogP contribution is 2.14. The second-order valence-electron chi connectivity index (χ2n) is 5.01. The molecule has 0 N–H and O–H groups in total. The molecular weight excluding hydrogens is 264 g/mol. The fraction of sp³-hybridized carbons (Fsp3) is 0.857. The van der Waals surface area contributed by atoms with Gasteiger partial charge >= 0.3 is 0 Å². The van der Waals surface area contributed by atoms with Crippen molar-refractivity contribution in [3.8, 4) is 0 Å². The predicted octanol–water partition coefficient (Wildman–Crippen LogP) is 2.11. The van der Waals surface area contributed by atoms with E-state index in [1.54, 1.807) is 0 Å². The summed E-state index contributed by atoms with van der Waals surface area (Å²) in [5.74, 6) is 1.07. The summed E-state index contributed by atoms with van der Waals surface area (Å²) in [6.07, 6.45) is 3.03. The standard InChI is InChI=1S/C14H25ClN2O2/c1-3-12(4-2)14(19)17-10-8-16(9-11-17)13(18)6-5-7-15/h12H,3-11H2,1-2H3. The number of hydrogen-bond donors (Lipinski definition) is 0. The van der Waals surface area contributed by atoms with Crippen molar-refractivity contribution < 1.29 is 9.59 Å². The lowest BCUT2D eigenvalue weighted by atomic mass is 10.0. The minimum atomic E-state index is 0.137. The maximum atomic E-state index is 12.2. The number of carbonyl (C=O) groups excluding carboxylic acids is 2. The second kappa shape index (κ2) is 8.41. The van der Waals surface area contributed by atoms with Gasteiger partial charge in [-0.15, -0.1) is 11.6 Å². The van der Waals surface area contributed by atoms with E-state index in [9.17, 15) is 9.59 Å². The van der Waals surface area contributed by atoms with Crippen molar-refractivity contribution in [2.75, 3.05) is 32.1 Å². The molecule has 0 spiro atoms. The monoisotopic (exact) mass is 288 g/mol. The molecule has 1 heterocycles. The first kappa shape index (κ1) is 16.3. The van der Waals surface area contributed by atoms with E-state index in [4.69, 9.17) is 11.6 Å². The van der Waals surface area contributed by atoms with Gasteiger partial charge in [-0.2, -0.15) is 0 Å². The minimum absolute atomic E-state index is 0.137. The van der Waals surface area contributed by atoms with Crippen LogP contribution < -0.4 is 0 Å². The lowest BCUT2D eigenvalue weighted by Gasteiger charge is -2.36. The van der Waals surface area contributed by atoms with Crippen molar-refractivity contribution in [2.45, 2.75) is 39.5 Å². The molecule has 0 aromatic rings. The van der Waals surface area contributed by atoms with E-state index in [2.05, 4.69) is 13.8 Å². The average molecular weight is 289 g/mol. The highest BCUT2D eigenvalue weighted by Gasteiger charge is 2.26. The summed E-state index contributed by atoms with van der Waals surface area (Å²) in [5.41, 5.74) is 0. The lowest BCUT2D eigenvalue weighted by molar-refractivity contribution is -0.142. The summed E-state index contributed by atoms with van der Waals surface area (Å²) in [4.78, 5) is 27.8. The maximum Gasteiger partial charge on any atom is 0.225 e. The van der Waals surface area contributed by atoms with Gasteiger partial charge in [0.25, 0.3) is 0 Å². The Morgan fingerprint density at radius 2 is 1.58 bits per heavy atom. The Balaban J connectivity index is 2.40. The first-order valence-electron chi connectivity index (χ1n) is 7.26. The molecule has 19 heavy (non-hydrogen) atoms. The van der Waals surface area contributed by atoms with Crippen molar-refractivity contribution in [3.63, 3.8) is 0 Å². The summed E-state index contributed by atoms with van der Waals surface area (Å²) in [6.45, 7) is 6.76. The van der Waals surface area contributed by atoms with Gasteiger partial charge in [0, 0.05) is 44.4 Å². The fourth-order valence-electron chi connectivity index (χ4n) is 2.45. The first-order valence-corrected chi connectivity index (χ1v) is 7.80. The van der Waals surface area contributed by atoms with Crippen molar-refractivity contribution in [2.24, 2.45) is 5.92 Å². The molecule has 1 saturated heterocycles. The van der Waals surface area contributed by atoms with Gasteiger partial charge in [-0.3, -0.25) is 9.59 Å². The molecule has 1 aliphatic heterocycles. The number of rotatable bonds is 6. The summed E-state index contributed by atoms with van der Waals surface area (Å²) >= 11 is 5.59. The van der Waals surface area contributed by atoms with Gasteiger partial charge in [0.1, 0.15) is 0 Å². The van der Waals surface area contributed by atoms with Crippen LogP contribution in [0.2, 0.25) is 0 Å². The maximum absolute atomic E-state index is 12.2. The van der Waals surface area contributed by atoms with Gasteiger partial charge in [-0.25, -0.2) is 0 Å². The van der Waals surface area contributed by atoms with Gasteiger partial charge in [-0.1, -0.05) is 13.8 Å². The van der Waals surface area contributed by atoms with Crippen LogP contribution in [0, 0.1) is 5.92 Å². The molecule has 110 valence electrons. The molecule has 0 aromatic carbocycles. The van der Waals surface area contributed by atoms with Crippen LogP contribution in [0.1, 0.15) is 39.5 Å². The summed E-state index contributed by atoms with van der Waals surface area (Å²) in [5, 5.41) is 0. The third kappa shape index (κ3) is 4.68. The topological polar surface area (TPSA) is 40.6 Å². The van der Waals surface area contributed by atoms with Crippen LogP contribution in [0.5, 0.6) is 0 Å². The Hall–Kier alpha value is -0.770. The van der Waals surface area contributed by atoms with Crippen LogP contribution in [0.3, 0.4) is 0 Å². The highest BCUT2D eigenvalue weighted by molar-refractivity contribution is 6.17. The molecule has 0 saturated carbocycles. The van der Waals surface area contributed by atoms with Gasteiger partial charge in [-0.05, 0) is 19.3 Å². The van der Waals surface area contributed by atoms with E-state index < -0.39 is 0 Å². The zero-order valence-electron chi connectivity index (χ0n) is 12.0. The molecule has 1 aliphatic rings. The van der Waals surface area contributed by atoms with E-state index in [1.807, 2.05) is 9.80 Å². The zero-order chi connectivity index (χ0) is 14.3. The quantitative estimate of drug-likeness (QED) is 0.703. The lowest BCUT2D eigenvalue weighted by Crippen LogP contribution is -2.51. The van der Waals surface area contributed by atoms with E-state index in [-0.39, 0.29) is 17.7 Å². The minimum Gasteiger partial charge on any atom is -0.339 e. The molecule has 0 atom stereocenters. The van der Waals surface area contributed by atoms with E-state index in [1.165, 1.54) is 0 Å². The number of alkyl halides is 1. The number of nitrogens with zero attached hydrogens (tertiary/aromatic N) is 2. The Morgan fingerprint density at radius 3 is 2.05 bits per heavy atom. The van der Waals surface area contributed by atoms with Crippen molar-refractivity contribution >= 4 is 23.4 Å². The van der Waals surface area contributed by atoms with Crippen molar-refractivity contribution in [1.29, 1.82) is 0 Å². The third-order valence-electron chi connectivity index (χ3n) is 3.80. The van der Waals surface area contributed by atoms with Crippen molar-refractivity contribution in [1.82, 2.24) is 9.80 Å². The van der Waals surface area contributed by atoms with E-state index in [0.717, 1.165) is 19.3 Å². The third-order valence-corrected chi connectivity index (χ3v) is 4.07. The van der Waals surface area contributed by atoms with Crippen LogP contribution in [-0.2, 0) is 9.59 Å². The number of hydrogen-bond acceptors (Lipinski definition) is 2. The summed E-state index contributed by atoms with van der Waals surface area (Å²) in [6, 6.07) is 0. The fourth-order valence-corrected chi connectivity index (χ4v) is 2.58. The van der Waals surface area contributed by atoms with Gasteiger partial charge in [0.15, 0.2) is 0 Å². The molecule has 0 aromatic heterocycles. The highest BCUT2D eigenvalue weighted by atomic mass is 35.5. The molecule has 0 radical (unpaired) electrons. The van der Waals surface area contributed by atoms with Gasteiger partial charge < -0.3 is 9.80 Å².